The molecule has 0 spiro atoms. The number of ketones is 1. The fourth-order valence-corrected chi connectivity index (χ4v) is 2.28. The van der Waals surface area contributed by atoms with Crippen LogP contribution in [0.15, 0.2) is 4.52 Å². The van der Waals surface area contributed by atoms with Crippen LogP contribution in [-0.2, 0) is 11.2 Å². The summed E-state index contributed by atoms with van der Waals surface area (Å²) in [6.07, 6.45) is 4.25. The number of Topliss-reactive ketones (excluding diaryl/α,β-unsaturated/α-hetero) is 1. The highest BCUT2D eigenvalue weighted by molar-refractivity contribution is 6.20. The molecule has 1 aliphatic rings. The number of hydrogen-bond acceptors (Lipinski definition) is 4. The second kappa shape index (κ2) is 4.95. The second-order valence-corrected chi connectivity index (χ2v) is 4.99. The van der Waals surface area contributed by atoms with Gasteiger partial charge < -0.3 is 4.52 Å². The van der Waals surface area contributed by atoms with E-state index in [1.165, 1.54) is 6.92 Å². The number of nitrogens with zero attached hydrogens (tertiary/aromatic N) is 2. The lowest BCUT2D eigenvalue weighted by Crippen LogP contribution is -2.14. The second-order valence-electron chi connectivity index (χ2n) is 4.37. The molecule has 0 saturated heterocycles. The van der Waals surface area contributed by atoms with E-state index in [0.717, 1.165) is 31.5 Å². The van der Waals surface area contributed by atoms with Gasteiger partial charge in [0.05, 0.1) is 6.42 Å². The Morgan fingerprint density at radius 3 is 2.75 bits per heavy atom. The predicted octanol–water partition coefficient (Wildman–Crippen LogP) is 2.47. The average Bonchev–Trinajstić information content (AvgIpc) is 2.66. The first-order valence-electron chi connectivity index (χ1n) is 5.61. The van der Waals surface area contributed by atoms with Crippen LogP contribution in [0.25, 0.3) is 0 Å². The SMILES string of the molecule is CC(=O)Cc1nc(C2CCC(Cl)CC2)no1. The quantitative estimate of drug-likeness (QED) is 0.764. The summed E-state index contributed by atoms with van der Waals surface area (Å²) in [6.45, 7) is 1.52. The molecule has 0 unspecified atom stereocenters. The van der Waals surface area contributed by atoms with Crippen LogP contribution in [0.4, 0.5) is 0 Å². The van der Waals surface area contributed by atoms with Crippen molar-refractivity contribution in [3.63, 3.8) is 0 Å². The van der Waals surface area contributed by atoms with Crippen LogP contribution in [0.5, 0.6) is 0 Å². The highest BCUT2D eigenvalue weighted by Gasteiger charge is 2.24. The Morgan fingerprint density at radius 2 is 2.12 bits per heavy atom. The van der Waals surface area contributed by atoms with Gasteiger partial charge in [0, 0.05) is 11.3 Å². The van der Waals surface area contributed by atoms with Gasteiger partial charge in [0.1, 0.15) is 5.78 Å². The fourth-order valence-electron chi connectivity index (χ4n) is 2.03. The van der Waals surface area contributed by atoms with Crippen molar-refractivity contribution in [2.45, 2.75) is 50.3 Å². The van der Waals surface area contributed by atoms with Crippen molar-refractivity contribution < 1.29 is 9.32 Å². The largest absolute Gasteiger partial charge is 0.339 e. The standard InChI is InChI=1S/C11H15ClN2O2/c1-7(15)6-10-13-11(14-16-10)8-2-4-9(12)5-3-8/h8-9H,2-6H2,1H3. The third-order valence-corrected chi connectivity index (χ3v) is 3.34. The van der Waals surface area contributed by atoms with E-state index in [9.17, 15) is 4.79 Å². The fraction of sp³-hybridized carbons (Fsp3) is 0.727. The summed E-state index contributed by atoms with van der Waals surface area (Å²) in [4.78, 5) is 15.2. The summed E-state index contributed by atoms with van der Waals surface area (Å²) in [7, 11) is 0. The Balaban J connectivity index is 1.99. The molecule has 4 nitrogen and oxygen atoms in total. The van der Waals surface area contributed by atoms with Gasteiger partial charge >= 0.3 is 0 Å². The summed E-state index contributed by atoms with van der Waals surface area (Å²) in [5.41, 5.74) is 0. The van der Waals surface area contributed by atoms with Crippen LogP contribution < -0.4 is 0 Å². The van der Waals surface area contributed by atoms with Crippen molar-refractivity contribution >= 4 is 17.4 Å². The number of aromatic nitrogens is 2. The van der Waals surface area contributed by atoms with Crippen molar-refractivity contribution in [2.24, 2.45) is 0 Å². The van der Waals surface area contributed by atoms with E-state index < -0.39 is 0 Å². The number of carbonyl (C=O) groups is 1. The molecule has 0 bridgehead atoms. The van der Waals surface area contributed by atoms with E-state index in [1.54, 1.807) is 0 Å². The first-order chi connectivity index (χ1) is 7.65. The van der Waals surface area contributed by atoms with Gasteiger partial charge in [0.2, 0.25) is 5.89 Å². The van der Waals surface area contributed by atoms with Crippen molar-refractivity contribution in [3.8, 4) is 0 Å². The van der Waals surface area contributed by atoms with Crippen molar-refractivity contribution in [3.05, 3.63) is 11.7 Å². The van der Waals surface area contributed by atoms with E-state index in [1.807, 2.05) is 0 Å². The molecule has 0 aliphatic heterocycles. The maximum Gasteiger partial charge on any atom is 0.234 e. The van der Waals surface area contributed by atoms with Gasteiger partial charge in [-0.05, 0) is 32.6 Å². The summed E-state index contributed by atoms with van der Waals surface area (Å²) >= 11 is 6.03. The minimum atomic E-state index is 0.0414. The Labute approximate surface area is 99.4 Å². The van der Waals surface area contributed by atoms with Crippen molar-refractivity contribution in [1.29, 1.82) is 0 Å². The Morgan fingerprint density at radius 1 is 1.44 bits per heavy atom. The van der Waals surface area contributed by atoms with E-state index in [0.29, 0.717) is 17.2 Å². The summed E-state index contributed by atoms with van der Waals surface area (Å²) in [6, 6.07) is 0. The van der Waals surface area contributed by atoms with Crippen LogP contribution in [-0.4, -0.2) is 21.3 Å². The number of carbonyl (C=O) groups excluding carboxylic acids is 1. The number of rotatable bonds is 3. The minimum absolute atomic E-state index is 0.0414. The van der Waals surface area contributed by atoms with Gasteiger partial charge in [-0.1, -0.05) is 5.16 Å². The lowest BCUT2D eigenvalue weighted by molar-refractivity contribution is -0.116. The third-order valence-electron chi connectivity index (χ3n) is 2.91. The molecule has 1 saturated carbocycles. The molecular weight excluding hydrogens is 228 g/mol. The molecule has 1 aromatic heterocycles. The zero-order valence-corrected chi connectivity index (χ0v) is 10.0. The smallest absolute Gasteiger partial charge is 0.234 e. The number of halogens is 1. The summed E-state index contributed by atoms with van der Waals surface area (Å²) in [5.74, 6) is 1.55. The summed E-state index contributed by atoms with van der Waals surface area (Å²) in [5, 5.41) is 4.23. The topological polar surface area (TPSA) is 56.0 Å². The van der Waals surface area contributed by atoms with Gasteiger partial charge in [-0.3, -0.25) is 4.79 Å². The van der Waals surface area contributed by atoms with Crippen LogP contribution in [0, 0.1) is 0 Å². The minimum Gasteiger partial charge on any atom is -0.339 e. The molecule has 0 N–H and O–H groups in total. The molecule has 88 valence electrons. The third kappa shape index (κ3) is 2.82. The molecule has 1 heterocycles. The highest BCUT2D eigenvalue weighted by atomic mass is 35.5. The normalized spacial score (nSPS) is 25.6. The number of alkyl halides is 1. The lowest BCUT2D eigenvalue weighted by atomic mass is 9.88. The van der Waals surface area contributed by atoms with Gasteiger partial charge in [-0.15, -0.1) is 11.6 Å². The van der Waals surface area contributed by atoms with Crippen LogP contribution in [0.3, 0.4) is 0 Å². The molecule has 5 heteroatoms. The maximum absolute atomic E-state index is 10.9. The molecule has 1 aromatic rings. The zero-order valence-electron chi connectivity index (χ0n) is 9.28. The van der Waals surface area contributed by atoms with E-state index in [4.69, 9.17) is 16.1 Å². The summed E-state index contributed by atoms with van der Waals surface area (Å²) < 4.78 is 5.04. The Kier molecular flexibility index (Phi) is 3.59. The molecular formula is C11H15ClN2O2. The van der Waals surface area contributed by atoms with E-state index >= 15 is 0 Å². The molecule has 16 heavy (non-hydrogen) atoms. The zero-order chi connectivity index (χ0) is 11.5. The molecule has 1 fully saturated rings. The molecule has 0 amide bonds. The van der Waals surface area contributed by atoms with E-state index in [2.05, 4.69) is 10.1 Å². The highest BCUT2D eigenvalue weighted by Crippen LogP contribution is 2.33. The van der Waals surface area contributed by atoms with Gasteiger partial charge in [-0.2, -0.15) is 4.98 Å². The van der Waals surface area contributed by atoms with E-state index in [-0.39, 0.29) is 12.2 Å². The van der Waals surface area contributed by atoms with Crippen LogP contribution in [0.1, 0.15) is 50.2 Å². The first-order valence-corrected chi connectivity index (χ1v) is 6.05. The average molecular weight is 243 g/mol. The molecule has 0 atom stereocenters. The van der Waals surface area contributed by atoms with Gasteiger partial charge in [0.25, 0.3) is 0 Å². The van der Waals surface area contributed by atoms with Crippen molar-refractivity contribution in [1.82, 2.24) is 10.1 Å². The number of hydrogen-bond donors (Lipinski definition) is 0. The van der Waals surface area contributed by atoms with Crippen molar-refractivity contribution in [2.75, 3.05) is 0 Å². The monoisotopic (exact) mass is 242 g/mol. The van der Waals surface area contributed by atoms with Gasteiger partial charge in [-0.25, -0.2) is 0 Å². The predicted molar refractivity (Wildman–Crippen MR) is 59.5 cm³/mol. The van der Waals surface area contributed by atoms with Gasteiger partial charge in [0.15, 0.2) is 5.82 Å². The molecule has 2 rings (SSSR count). The van der Waals surface area contributed by atoms with Crippen LogP contribution >= 0.6 is 11.6 Å². The molecule has 0 radical (unpaired) electrons. The first kappa shape index (κ1) is 11.6. The van der Waals surface area contributed by atoms with Crippen LogP contribution in [0.2, 0.25) is 0 Å². The lowest BCUT2D eigenvalue weighted by Gasteiger charge is -2.21. The molecule has 0 aromatic carbocycles. The Bertz CT molecular complexity index is 370. The maximum atomic E-state index is 10.9. The molecule has 1 aliphatic carbocycles. The Hall–Kier alpha value is -0.900.